The lowest BCUT2D eigenvalue weighted by Crippen LogP contribution is -2.30. The standard InChI is InChI=1S/C15H22N2O/c1-11-4-3-5-13(10-11)12(2)16-9-8-15(18)17-14-6-7-14/h3-5,10,12,14,16H,6-9H2,1-2H3,(H,17,18)/t12-/m0/s1. The normalized spacial score (nSPS) is 16.3. The molecule has 3 heteroatoms. The lowest BCUT2D eigenvalue weighted by molar-refractivity contribution is -0.121. The minimum absolute atomic E-state index is 0.168. The molecule has 1 fully saturated rings. The zero-order chi connectivity index (χ0) is 13.0. The van der Waals surface area contributed by atoms with Crippen LogP contribution >= 0.6 is 0 Å². The Hall–Kier alpha value is -1.35. The summed E-state index contributed by atoms with van der Waals surface area (Å²) in [5.41, 5.74) is 2.55. The van der Waals surface area contributed by atoms with E-state index in [4.69, 9.17) is 0 Å². The van der Waals surface area contributed by atoms with Crippen LogP contribution in [0, 0.1) is 6.92 Å². The molecule has 2 N–H and O–H groups in total. The molecule has 0 heterocycles. The van der Waals surface area contributed by atoms with Crippen LogP contribution in [0.25, 0.3) is 0 Å². The number of rotatable bonds is 6. The highest BCUT2D eigenvalue weighted by molar-refractivity contribution is 5.76. The van der Waals surface area contributed by atoms with Gasteiger partial charge in [0.1, 0.15) is 0 Å². The second kappa shape index (κ2) is 6.01. The van der Waals surface area contributed by atoms with E-state index in [-0.39, 0.29) is 5.91 Å². The van der Waals surface area contributed by atoms with Gasteiger partial charge in [0.15, 0.2) is 0 Å². The van der Waals surface area contributed by atoms with Crippen molar-refractivity contribution in [2.24, 2.45) is 0 Å². The number of nitrogens with one attached hydrogen (secondary N) is 2. The van der Waals surface area contributed by atoms with Crippen LogP contribution in [0.1, 0.15) is 43.4 Å². The predicted octanol–water partition coefficient (Wildman–Crippen LogP) is 2.31. The molecule has 1 aliphatic rings. The Morgan fingerprint density at radius 2 is 2.22 bits per heavy atom. The van der Waals surface area contributed by atoms with Crippen molar-refractivity contribution in [1.29, 1.82) is 0 Å². The molecule has 1 aromatic carbocycles. The van der Waals surface area contributed by atoms with Gasteiger partial charge in [0.2, 0.25) is 5.91 Å². The van der Waals surface area contributed by atoms with E-state index in [0.717, 1.165) is 19.4 Å². The highest BCUT2D eigenvalue weighted by Crippen LogP contribution is 2.18. The van der Waals surface area contributed by atoms with E-state index in [1.54, 1.807) is 0 Å². The van der Waals surface area contributed by atoms with Crippen LogP contribution in [0.4, 0.5) is 0 Å². The molecule has 1 saturated carbocycles. The Labute approximate surface area is 109 Å². The molecule has 0 unspecified atom stereocenters. The molecule has 1 amide bonds. The number of benzene rings is 1. The van der Waals surface area contributed by atoms with E-state index in [0.29, 0.717) is 18.5 Å². The van der Waals surface area contributed by atoms with Gasteiger partial charge in [-0.1, -0.05) is 29.8 Å². The minimum atomic E-state index is 0.168. The molecule has 18 heavy (non-hydrogen) atoms. The number of carbonyl (C=O) groups is 1. The van der Waals surface area contributed by atoms with Gasteiger partial charge in [0.25, 0.3) is 0 Å². The molecular formula is C15H22N2O. The lowest BCUT2D eigenvalue weighted by atomic mass is 10.1. The van der Waals surface area contributed by atoms with E-state index in [1.165, 1.54) is 11.1 Å². The van der Waals surface area contributed by atoms with Gasteiger partial charge in [-0.2, -0.15) is 0 Å². The smallest absolute Gasteiger partial charge is 0.221 e. The van der Waals surface area contributed by atoms with E-state index in [1.807, 2.05) is 0 Å². The minimum Gasteiger partial charge on any atom is -0.353 e. The number of hydrogen-bond donors (Lipinski definition) is 2. The van der Waals surface area contributed by atoms with Crippen LogP contribution in [0.3, 0.4) is 0 Å². The van der Waals surface area contributed by atoms with Crippen molar-refractivity contribution in [3.63, 3.8) is 0 Å². The van der Waals surface area contributed by atoms with Crippen LogP contribution in [-0.4, -0.2) is 18.5 Å². The molecular weight excluding hydrogens is 224 g/mol. The molecule has 1 aromatic rings. The summed E-state index contributed by atoms with van der Waals surface area (Å²) >= 11 is 0. The molecule has 1 atom stereocenters. The molecule has 3 nitrogen and oxygen atoms in total. The molecule has 0 aliphatic heterocycles. The van der Waals surface area contributed by atoms with Crippen molar-refractivity contribution < 1.29 is 4.79 Å². The summed E-state index contributed by atoms with van der Waals surface area (Å²) in [6.07, 6.45) is 2.87. The molecule has 1 aliphatic carbocycles. The Bertz CT molecular complexity index is 413. The zero-order valence-electron chi connectivity index (χ0n) is 11.2. The van der Waals surface area contributed by atoms with Crippen LogP contribution in [-0.2, 0) is 4.79 Å². The topological polar surface area (TPSA) is 41.1 Å². The second-order valence-corrected chi connectivity index (χ2v) is 5.18. The van der Waals surface area contributed by atoms with Crippen molar-refractivity contribution in [3.05, 3.63) is 35.4 Å². The van der Waals surface area contributed by atoms with Gasteiger partial charge in [0, 0.05) is 25.0 Å². The maximum absolute atomic E-state index is 11.5. The first kappa shape index (κ1) is 13.1. The molecule has 0 spiro atoms. The predicted molar refractivity (Wildman–Crippen MR) is 73.4 cm³/mol. The summed E-state index contributed by atoms with van der Waals surface area (Å²) in [5, 5.41) is 6.39. The maximum Gasteiger partial charge on any atom is 0.221 e. The molecule has 0 saturated heterocycles. The Morgan fingerprint density at radius 1 is 1.44 bits per heavy atom. The van der Waals surface area contributed by atoms with Gasteiger partial charge in [0.05, 0.1) is 0 Å². The van der Waals surface area contributed by atoms with Gasteiger partial charge < -0.3 is 10.6 Å². The van der Waals surface area contributed by atoms with Crippen molar-refractivity contribution in [3.8, 4) is 0 Å². The summed E-state index contributed by atoms with van der Waals surface area (Å²) in [5.74, 6) is 0.168. The quantitative estimate of drug-likeness (QED) is 0.808. The number of amides is 1. The van der Waals surface area contributed by atoms with E-state index in [9.17, 15) is 4.79 Å². The Kier molecular flexibility index (Phi) is 4.37. The third-order valence-electron chi connectivity index (χ3n) is 3.29. The Morgan fingerprint density at radius 3 is 2.89 bits per heavy atom. The number of aryl methyl sites for hydroxylation is 1. The lowest BCUT2D eigenvalue weighted by Gasteiger charge is -2.14. The van der Waals surface area contributed by atoms with E-state index < -0.39 is 0 Å². The van der Waals surface area contributed by atoms with Crippen molar-refractivity contribution >= 4 is 5.91 Å². The SMILES string of the molecule is Cc1cccc([C@H](C)NCCC(=O)NC2CC2)c1. The van der Waals surface area contributed by atoms with Gasteiger partial charge in [-0.3, -0.25) is 4.79 Å². The fourth-order valence-corrected chi connectivity index (χ4v) is 1.99. The van der Waals surface area contributed by atoms with E-state index in [2.05, 4.69) is 48.7 Å². The second-order valence-electron chi connectivity index (χ2n) is 5.18. The van der Waals surface area contributed by atoms with Gasteiger partial charge in [-0.25, -0.2) is 0 Å². The van der Waals surface area contributed by atoms with Crippen LogP contribution in [0.2, 0.25) is 0 Å². The molecule has 0 radical (unpaired) electrons. The van der Waals surface area contributed by atoms with E-state index >= 15 is 0 Å². The summed E-state index contributed by atoms with van der Waals surface area (Å²) in [4.78, 5) is 11.5. The first-order valence-corrected chi connectivity index (χ1v) is 6.74. The van der Waals surface area contributed by atoms with Crippen molar-refractivity contribution in [1.82, 2.24) is 10.6 Å². The van der Waals surface area contributed by atoms with Crippen LogP contribution in [0.15, 0.2) is 24.3 Å². The Balaban J connectivity index is 1.70. The average Bonchev–Trinajstić information content (AvgIpc) is 3.12. The van der Waals surface area contributed by atoms with Crippen LogP contribution in [0.5, 0.6) is 0 Å². The first-order valence-electron chi connectivity index (χ1n) is 6.74. The molecule has 98 valence electrons. The van der Waals surface area contributed by atoms with Crippen molar-refractivity contribution in [2.75, 3.05) is 6.54 Å². The highest BCUT2D eigenvalue weighted by Gasteiger charge is 2.22. The van der Waals surface area contributed by atoms with Crippen molar-refractivity contribution in [2.45, 2.75) is 45.2 Å². The molecule has 0 aromatic heterocycles. The summed E-state index contributed by atoms with van der Waals surface area (Å²) in [6.45, 7) is 4.96. The summed E-state index contributed by atoms with van der Waals surface area (Å²) in [6, 6.07) is 9.23. The van der Waals surface area contributed by atoms with Gasteiger partial charge in [-0.05, 0) is 32.3 Å². The van der Waals surface area contributed by atoms with Crippen LogP contribution < -0.4 is 10.6 Å². The van der Waals surface area contributed by atoms with Gasteiger partial charge >= 0.3 is 0 Å². The third kappa shape index (κ3) is 4.15. The summed E-state index contributed by atoms with van der Waals surface area (Å²) in [7, 11) is 0. The number of carbonyl (C=O) groups excluding carboxylic acids is 1. The molecule has 2 rings (SSSR count). The highest BCUT2D eigenvalue weighted by atomic mass is 16.1. The van der Waals surface area contributed by atoms with Gasteiger partial charge in [-0.15, -0.1) is 0 Å². The maximum atomic E-state index is 11.5. The average molecular weight is 246 g/mol. The first-order chi connectivity index (χ1) is 8.65. The molecule has 0 bridgehead atoms. The fraction of sp³-hybridized carbons (Fsp3) is 0.533. The largest absolute Gasteiger partial charge is 0.353 e. The third-order valence-corrected chi connectivity index (χ3v) is 3.29. The zero-order valence-corrected chi connectivity index (χ0v) is 11.2. The monoisotopic (exact) mass is 246 g/mol. The fourth-order valence-electron chi connectivity index (χ4n) is 1.99. The summed E-state index contributed by atoms with van der Waals surface area (Å²) < 4.78 is 0. The number of hydrogen-bond acceptors (Lipinski definition) is 2.